The SMILES string of the molecule is CCN(CCN(C)C)C(=O)c1ccc(C(=N)/C=C\C(=N)N=C(N)Cc2ccc3ncccc3c2)s1. The lowest BCUT2D eigenvalue weighted by Gasteiger charge is -2.22. The number of pyridine rings is 1. The number of aliphatic imine (C=N–C) groups is 1. The lowest BCUT2D eigenvalue weighted by atomic mass is 10.1. The molecular formula is C26H31N7OS. The van der Waals surface area contributed by atoms with Gasteiger partial charge in [0.2, 0.25) is 0 Å². The fraction of sp³-hybridized carbons (Fsp3) is 0.269. The number of nitrogens with one attached hydrogen (secondary N) is 2. The summed E-state index contributed by atoms with van der Waals surface area (Å²) in [5.41, 5.74) is 8.16. The molecule has 3 rings (SSSR count). The highest BCUT2D eigenvalue weighted by Gasteiger charge is 2.17. The molecule has 0 saturated carbocycles. The molecule has 182 valence electrons. The first-order valence-electron chi connectivity index (χ1n) is 11.3. The van der Waals surface area contributed by atoms with Crippen molar-refractivity contribution in [1.29, 1.82) is 10.8 Å². The summed E-state index contributed by atoms with van der Waals surface area (Å²) in [6, 6.07) is 13.3. The van der Waals surface area contributed by atoms with Crippen molar-refractivity contribution in [3.63, 3.8) is 0 Å². The maximum atomic E-state index is 12.8. The van der Waals surface area contributed by atoms with Crippen LogP contribution in [0.25, 0.3) is 10.9 Å². The van der Waals surface area contributed by atoms with Gasteiger partial charge < -0.3 is 15.5 Å². The molecule has 0 aliphatic heterocycles. The Labute approximate surface area is 209 Å². The van der Waals surface area contributed by atoms with Crippen LogP contribution in [0.5, 0.6) is 0 Å². The van der Waals surface area contributed by atoms with Crippen molar-refractivity contribution in [2.45, 2.75) is 13.3 Å². The molecule has 0 unspecified atom stereocenters. The first-order valence-corrected chi connectivity index (χ1v) is 12.1. The molecule has 1 amide bonds. The van der Waals surface area contributed by atoms with Gasteiger partial charge in [0.05, 0.1) is 21.0 Å². The molecule has 2 aromatic heterocycles. The number of rotatable bonds is 10. The predicted octanol–water partition coefficient (Wildman–Crippen LogP) is 3.82. The third-order valence-corrected chi connectivity index (χ3v) is 6.40. The zero-order valence-electron chi connectivity index (χ0n) is 20.3. The Morgan fingerprint density at radius 1 is 1.11 bits per heavy atom. The van der Waals surface area contributed by atoms with Gasteiger partial charge in [-0.25, -0.2) is 4.99 Å². The molecule has 0 radical (unpaired) electrons. The van der Waals surface area contributed by atoms with Gasteiger partial charge in [0.25, 0.3) is 5.91 Å². The van der Waals surface area contributed by atoms with Gasteiger partial charge in [0.1, 0.15) is 11.7 Å². The van der Waals surface area contributed by atoms with E-state index in [0.29, 0.717) is 35.1 Å². The molecule has 0 bridgehead atoms. The summed E-state index contributed by atoms with van der Waals surface area (Å²) in [6.45, 7) is 4.03. The molecule has 1 aromatic carbocycles. The van der Waals surface area contributed by atoms with Crippen LogP contribution in [0, 0.1) is 10.8 Å². The molecule has 35 heavy (non-hydrogen) atoms. The van der Waals surface area contributed by atoms with Crippen LogP contribution in [-0.4, -0.2) is 71.8 Å². The van der Waals surface area contributed by atoms with Gasteiger partial charge in [-0.05, 0) is 69.1 Å². The molecular weight excluding hydrogens is 458 g/mol. The summed E-state index contributed by atoms with van der Waals surface area (Å²) in [5, 5.41) is 17.4. The fourth-order valence-corrected chi connectivity index (χ4v) is 4.30. The number of hydrogen-bond donors (Lipinski definition) is 3. The van der Waals surface area contributed by atoms with E-state index in [-0.39, 0.29) is 17.5 Å². The molecule has 8 nitrogen and oxygen atoms in total. The summed E-state index contributed by atoms with van der Waals surface area (Å²) in [4.78, 5) is 26.3. The number of fused-ring (bicyclic) bond motifs is 1. The van der Waals surface area contributed by atoms with Crippen molar-refractivity contribution in [2.75, 3.05) is 33.7 Å². The topological polar surface area (TPSA) is 123 Å². The Bertz CT molecular complexity index is 1280. The van der Waals surface area contributed by atoms with E-state index in [4.69, 9.17) is 16.6 Å². The van der Waals surface area contributed by atoms with E-state index in [1.165, 1.54) is 23.5 Å². The highest BCUT2D eigenvalue weighted by atomic mass is 32.1. The summed E-state index contributed by atoms with van der Waals surface area (Å²) in [7, 11) is 3.96. The third-order valence-electron chi connectivity index (χ3n) is 5.29. The van der Waals surface area contributed by atoms with Crippen LogP contribution in [-0.2, 0) is 6.42 Å². The number of carbonyl (C=O) groups excluding carboxylic acids is 1. The Morgan fingerprint density at radius 2 is 1.89 bits per heavy atom. The minimum atomic E-state index is -0.0385. The zero-order chi connectivity index (χ0) is 25.4. The van der Waals surface area contributed by atoms with Crippen molar-refractivity contribution >= 4 is 45.5 Å². The highest BCUT2D eigenvalue weighted by Crippen LogP contribution is 2.19. The van der Waals surface area contributed by atoms with Crippen LogP contribution in [0.2, 0.25) is 0 Å². The number of amides is 1. The lowest BCUT2D eigenvalue weighted by Crippen LogP contribution is -2.36. The van der Waals surface area contributed by atoms with Crippen molar-refractivity contribution in [1.82, 2.24) is 14.8 Å². The number of aromatic nitrogens is 1. The molecule has 0 spiro atoms. The smallest absolute Gasteiger partial charge is 0.263 e. The van der Waals surface area contributed by atoms with Crippen molar-refractivity contribution in [3.8, 4) is 0 Å². The van der Waals surface area contributed by atoms with Gasteiger partial charge in [-0.2, -0.15) is 0 Å². The number of thiophene rings is 1. The molecule has 3 aromatic rings. The van der Waals surface area contributed by atoms with E-state index in [2.05, 4.69) is 9.98 Å². The van der Waals surface area contributed by atoms with E-state index in [1.54, 1.807) is 23.2 Å². The molecule has 0 fully saturated rings. The number of likely N-dealkylation sites (N-methyl/N-ethyl adjacent to an activating group) is 2. The van der Waals surface area contributed by atoms with Crippen LogP contribution in [0.3, 0.4) is 0 Å². The summed E-state index contributed by atoms with van der Waals surface area (Å²) >= 11 is 1.28. The van der Waals surface area contributed by atoms with Crippen LogP contribution in [0.15, 0.2) is 65.8 Å². The zero-order valence-corrected chi connectivity index (χ0v) is 21.1. The van der Waals surface area contributed by atoms with E-state index in [1.807, 2.05) is 56.3 Å². The monoisotopic (exact) mass is 489 g/mol. The number of nitrogens with zero attached hydrogens (tertiary/aromatic N) is 4. The van der Waals surface area contributed by atoms with Crippen molar-refractivity contribution in [2.24, 2.45) is 10.7 Å². The van der Waals surface area contributed by atoms with Gasteiger partial charge in [0, 0.05) is 37.6 Å². The number of benzene rings is 1. The largest absolute Gasteiger partial charge is 0.387 e. The van der Waals surface area contributed by atoms with Crippen LogP contribution >= 0.6 is 11.3 Å². The van der Waals surface area contributed by atoms with Crippen molar-refractivity contribution < 1.29 is 4.79 Å². The Kier molecular flexibility index (Phi) is 8.99. The van der Waals surface area contributed by atoms with Crippen molar-refractivity contribution in [3.05, 3.63) is 76.1 Å². The first-order chi connectivity index (χ1) is 16.8. The minimum Gasteiger partial charge on any atom is -0.387 e. The van der Waals surface area contributed by atoms with E-state index in [9.17, 15) is 4.79 Å². The second-order valence-corrected chi connectivity index (χ2v) is 9.38. The fourth-order valence-electron chi connectivity index (χ4n) is 3.40. The van der Waals surface area contributed by atoms with Crippen LogP contribution < -0.4 is 5.73 Å². The Balaban J connectivity index is 1.59. The number of allylic oxidation sites excluding steroid dienone is 1. The van der Waals surface area contributed by atoms with Gasteiger partial charge in [-0.1, -0.05) is 12.1 Å². The molecule has 0 aliphatic rings. The average molecular weight is 490 g/mol. The maximum Gasteiger partial charge on any atom is 0.263 e. The van der Waals surface area contributed by atoms with Crippen LogP contribution in [0.4, 0.5) is 0 Å². The standard InChI is InChI=1S/C26H31N7OS/c1-4-33(15-14-32(2)3)26(34)23-11-10-22(35-23)20(27)8-12-24(28)31-25(29)17-18-7-9-21-19(16-18)6-5-13-30-21/h5-13,16,27H,4,14-15,17H2,1-3H3,(H3,28,29,31)/b12-8-,27-20?. The Morgan fingerprint density at radius 3 is 2.63 bits per heavy atom. The maximum absolute atomic E-state index is 12.8. The number of hydrogen-bond acceptors (Lipinski definition) is 6. The molecule has 9 heteroatoms. The number of nitrogens with two attached hydrogens (primary N) is 1. The first kappa shape index (κ1) is 25.9. The molecule has 0 saturated heterocycles. The molecule has 2 heterocycles. The quantitative estimate of drug-likeness (QED) is 0.296. The van der Waals surface area contributed by atoms with Crippen LogP contribution in [0.1, 0.15) is 27.0 Å². The van der Waals surface area contributed by atoms with Gasteiger partial charge in [0.15, 0.2) is 0 Å². The lowest BCUT2D eigenvalue weighted by molar-refractivity contribution is 0.0759. The summed E-state index contributed by atoms with van der Waals surface area (Å²) < 4.78 is 0. The van der Waals surface area contributed by atoms with E-state index in [0.717, 1.165) is 23.0 Å². The molecule has 4 N–H and O–H groups in total. The second kappa shape index (κ2) is 12.1. The number of amidine groups is 2. The predicted molar refractivity (Wildman–Crippen MR) is 145 cm³/mol. The normalized spacial score (nSPS) is 11.9. The van der Waals surface area contributed by atoms with Gasteiger partial charge in [-0.15, -0.1) is 11.3 Å². The second-order valence-electron chi connectivity index (χ2n) is 8.29. The minimum absolute atomic E-state index is 0.0306. The third kappa shape index (κ3) is 7.40. The van der Waals surface area contributed by atoms with Gasteiger partial charge >= 0.3 is 0 Å². The summed E-state index contributed by atoms with van der Waals surface area (Å²) in [6.07, 6.45) is 5.11. The van der Waals surface area contributed by atoms with E-state index < -0.39 is 0 Å². The number of carbonyl (C=O) groups is 1. The molecule has 0 aliphatic carbocycles. The summed E-state index contributed by atoms with van der Waals surface area (Å²) in [5.74, 6) is 0.246. The highest BCUT2D eigenvalue weighted by molar-refractivity contribution is 7.16. The van der Waals surface area contributed by atoms with E-state index >= 15 is 0 Å². The average Bonchev–Trinajstić information content (AvgIpc) is 3.33. The Hall–Kier alpha value is -3.69. The molecule has 0 atom stereocenters. The van der Waals surface area contributed by atoms with Gasteiger partial charge in [-0.3, -0.25) is 20.6 Å².